The highest BCUT2D eigenvalue weighted by Crippen LogP contribution is 2.54. The third-order valence-electron chi connectivity index (χ3n) is 9.13. The fraction of sp³-hybridized carbons (Fsp3) is 0.105. The zero-order valence-corrected chi connectivity index (χ0v) is 22.8. The van der Waals surface area contributed by atoms with Crippen LogP contribution in [0.5, 0.6) is 0 Å². The smallest absolute Gasteiger partial charge is 0.0544 e. The van der Waals surface area contributed by atoms with Crippen molar-refractivity contribution in [1.29, 1.82) is 0 Å². The number of hydrogen-bond donors (Lipinski definition) is 1. The van der Waals surface area contributed by atoms with Gasteiger partial charge in [-0.05, 0) is 70.3 Å². The molecule has 0 saturated heterocycles. The Morgan fingerprint density at radius 2 is 1.40 bits per heavy atom. The summed E-state index contributed by atoms with van der Waals surface area (Å²) in [5.41, 5.74) is 11.2. The Hall–Kier alpha value is -4.82. The van der Waals surface area contributed by atoms with E-state index in [1.807, 2.05) is 0 Å². The van der Waals surface area contributed by atoms with Crippen LogP contribution in [0.15, 0.2) is 127 Å². The number of anilines is 3. The van der Waals surface area contributed by atoms with Gasteiger partial charge in [0.15, 0.2) is 0 Å². The van der Waals surface area contributed by atoms with Crippen LogP contribution >= 0.6 is 0 Å². The number of rotatable bonds is 3. The number of fused-ring (bicyclic) bond motifs is 7. The molecule has 1 unspecified atom stereocenters. The molecule has 0 amide bonds. The quantitative estimate of drug-likeness (QED) is 0.248. The highest BCUT2D eigenvalue weighted by molar-refractivity contribution is 6.22. The Kier molecular flexibility index (Phi) is 4.96. The summed E-state index contributed by atoms with van der Waals surface area (Å²) in [5, 5.41) is 5.14. The number of benzene rings is 6. The van der Waals surface area contributed by atoms with E-state index in [2.05, 4.69) is 151 Å². The van der Waals surface area contributed by atoms with Gasteiger partial charge in [-0.1, -0.05) is 105 Å². The molecular formula is C38H30N2. The second-order valence-electron chi connectivity index (χ2n) is 11.2. The number of aromatic amines is 1. The van der Waals surface area contributed by atoms with Crippen molar-refractivity contribution in [3.05, 3.63) is 139 Å². The van der Waals surface area contributed by atoms with Crippen LogP contribution in [0.2, 0.25) is 0 Å². The molecule has 2 heteroatoms. The van der Waals surface area contributed by atoms with E-state index < -0.39 is 0 Å². The summed E-state index contributed by atoms with van der Waals surface area (Å²) in [5.74, 6) is 0. The van der Waals surface area contributed by atoms with Crippen molar-refractivity contribution in [2.45, 2.75) is 25.7 Å². The Balaban J connectivity index is 1.39. The van der Waals surface area contributed by atoms with Gasteiger partial charge in [0.05, 0.1) is 16.9 Å². The first kappa shape index (κ1) is 23.1. The average molecular weight is 515 g/mol. The first-order valence-electron chi connectivity index (χ1n) is 14.2. The third-order valence-corrected chi connectivity index (χ3v) is 9.13. The molecule has 7 aromatic rings. The predicted octanol–water partition coefficient (Wildman–Crippen LogP) is 10.6. The van der Waals surface area contributed by atoms with Gasteiger partial charge in [0, 0.05) is 33.0 Å². The Morgan fingerprint density at radius 3 is 2.27 bits per heavy atom. The van der Waals surface area contributed by atoms with Gasteiger partial charge in [0.1, 0.15) is 0 Å². The number of H-pyrrole nitrogens is 1. The van der Waals surface area contributed by atoms with E-state index in [-0.39, 0.29) is 5.41 Å². The van der Waals surface area contributed by atoms with Gasteiger partial charge in [-0.15, -0.1) is 0 Å². The Bertz CT molecular complexity index is 2070. The van der Waals surface area contributed by atoms with Gasteiger partial charge in [0.2, 0.25) is 0 Å². The van der Waals surface area contributed by atoms with Crippen molar-refractivity contribution in [3.63, 3.8) is 0 Å². The summed E-state index contributed by atoms with van der Waals surface area (Å²) < 4.78 is 0. The molecule has 0 saturated carbocycles. The molecule has 0 spiro atoms. The molecule has 40 heavy (non-hydrogen) atoms. The molecule has 0 fully saturated rings. The van der Waals surface area contributed by atoms with Crippen molar-refractivity contribution in [3.8, 4) is 11.1 Å². The molecule has 8 rings (SSSR count). The lowest BCUT2D eigenvalue weighted by Gasteiger charge is -2.43. The fourth-order valence-electron chi connectivity index (χ4n) is 6.92. The largest absolute Gasteiger partial charge is 0.354 e. The minimum absolute atomic E-state index is 0.0994. The number of para-hydroxylation sites is 3. The summed E-state index contributed by atoms with van der Waals surface area (Å²) in [7, 11) is 0. The van der Waals surface area contributed by atoms with E-state index in [0.29, 0.717) is 0 Å². The Labute approximate surface area is 234 Å². The summed E-state index contributed by atoms with van der Waals surface area (Å²) in [6, 6.07) is 46.6. The lowest BCUT2D eigenvalue weighted by molar-refractivity contribution is 0.544. The predicted molar refractivity (Wildman–Crippen MR) is 170 cm³/mol. The monoisotopic (exact) mass is 514 g/mol. The van der Waals surface area contributed by atoms with Gasteiger partial charge in [0.25, 0.3) is 0 Å². The average Bonchev–Trinajstić information content (AvgIpc) is 3.41. The van der Waals surface area contributed by atoms with Crippen molar-refractivity contribution < 1.29 is 0 Å². The highest BCUT2D eigenvalue weighted by Gasteiger charge is 2.39. The van der Waals surface area contributed by atoms with Gasteiger partial charge in [-0.25, -0.2) is 0 Å². The van der Waals surface area contributed by atoms with E-state index in [4.69, 9.17) is 0 Å². The molecule has 6 aromatic carbocycles. The topological polar surface area (TPSA) is 19.0 Å². The summed E-state index contributed by atoms with van der Waals surface area (Å²) >= 11 is 0. The van der Waals surface area contributed by atoms with Gasteiger partial charge >= 0.3 is 0 Å². The van der Waals surface area contributed by atoms with Gasteiger partial charge in [-0.3, -0.25) is 0 Å². The van der Waals surface area contributed by atoms with Crippen LogP contribution in [0, 0.1) is 0 Å². The zero-order valence-electron chi connectivity index (χ0n) is 22.8. The van der Waals surface area contributed by atoms with Crippen LogP contribution in [-0.4, -0.2) is 4.98 Å². The van der Waals surface area contributed by atoms with Crippen LogP contribution in [-0.2, 0) is 5.41 Å². The summed E-state index contributed by atoms with van der Waals surface area (Å²) in [4.78, 5) is 6.22. The molecule has 0 radical (unpaired) electrons. The second-order valence-corrected chi connectivity index (χ2v) is 11.2. The first-order chi connectivity index (χ1) is 19.7. The maximum absolute atomic E-state index is 3.79. The number of hydrogen-bond acceptors (Lipinski definition) is 1. The van der Waals surface area contributed by atoms with Gasteiger partial charge < -0.3 is 9.88 Å². The number of nitrogens with one attached hydrogen (secondary N) is 1. The van der Waals surface area contributed by atoms with Crippen LogP contribution in [0.1, 0.15) is 31.4 Å². The lowest BCUT2D eigenvalue weighted by atomic mass is 9.69. The van der Waals surface area contributed by atoms with E-state index in [0.717, 1.165) is 6.42 Å². The lowest BCUT2D eigenvalue weighted by Crippen LogP contribution is -2.32. The normalized spacial score (nSPS) is 16.4. The standard InChI is InChI=1S/C38H30N2/c1-3-38(2)31-18-9-10-19-34(31)40(27-13-5-4-6-14-27)35-23-21-26(24-32(35)38)29-16-11-17-30-36-28-15-8-7-12-25(28)20-22-33(36)39-37(29)30/h4-24,39H,3H2,1-2H3. The molecule has 2 heterocycles. The number of nitrogens with zero attached hydrogens (tertiary/aromatic N) is 1. The van der Waals surface area contributed by atoms with E-state index in [1.165, 1.54) is 71.9 Å². The SMILES string of the molecule is CCC1(C)c2ccccc2N(c2ccccc2)c2ccc(-c3cccc4c3[nH]c3ccc5ccccc5c34)cc21. The maximum Gasteiger partial charge on any atom is 0.0544 e. The highest BCUT2D eigenvalue weighted by atomic mass is 15.2. The fourth-order valence-corrected chi connectivity index (χ4v) is 6.92. The van der Waals surface area contributed by atoms with Crippen LogP contribution < -0.4 is 4.90 Å². The van der Waals surface area contributed by atoms with E-state index >= 15 is 0 Å². The minimum atomic E-state index is -0.0994. The van der Waals surface area contributed by atoms with Crippen molar-refractivity contribution in [1.82, 2.24) is 4.98 Å². The van der Waals surface area contributed by atoms with Crippen molar-refractivity contribution in [2.24, 2.45) is 0 Å². The molecule has 1 aromatic heterocycles. The molecule has 192 valence electrons. The zero-order chi connectivity index (χ0) is 26.8. The van der Waals surface area contributed by atoms with Crippen LogP contribution in [0.4, 0.5) is 17.1 Å². The van der Waals surface area contributed by atoms with Crippen LogP contribution in [0.3, 0.4) is 0 Å². The molecule has 1 N–H and O–H groups in total. The van der Waals surface area contributed by atoms with Gasteiger partial charge in [-0.2, -0.15) is 0 Å². The molecule has 0 bridgehead atoms. The summed E-state index contributed by atoms with van der Waals surface area (Å²) in [6.45, 7) is 4.72. The van der Waals surface area contributed by atoms with Crippen molar-refractivity contribution >= 4 is 49.6 Å². The van der Waals surface area contributed by atoms with Crippen molar-refractivity contribution in [2.75, 3.05) is 4.90 Å². The first-order valence-corrected chi connectivity index (χ1v) is 14.2. The van der Waals surface area contributed by atoms with E-state index in [9.17, 15) is 0 Å². The number of aromatic nitrogens is 1. The molecule has 2 nitrogen and oxygen atoms in total. The molecule has 1 aliphatic rings. The Morgan fingerprint density at radius 1 is 0.650 bits per heavy atom. The van der Waals surface area contributed by atoms with Crippen LogP contribution in [0.25, 0.3) is 43.7 Å². The molecule has 1 aliphatic heterocycles. The molecular weight excluding hydrogens is 484 g/mol. The third kappa shape index (κ3) is 3.17. The maximum atomic E-state index is 3.79. The molecule has 0 aliphatic carbocycles. The second kappa shape index (κ2) is 8.59. The summed E-state index contributed by atoms with van der Waals surface area (Å²) in [6.07, 6.45) is 1.02. The molecule has 1 atom stereocenters. The minimum Gasteiger partial charge on any atom is -0.354 e. The van der Waals surface area contributed by atoms with E-state index in [1.54, 1.807) is 0 Å².